The molecule has 0 N–H and O–H groups in total. The average Bonchev–Trinajstić information content (AvgIpc) is 1.77. The van der Waals surface area contributed by atoms with Crippen LogP contribution in [0, 0.1) is 27.7 Å². The van der Waals surface area contributed by atoms with Gasteiger partial charge in [-0.3, -0.25) is 0 Å². The topological polar surface area (TPSA) is 4.93 Å². The second-order valence-corrected chi connectivity index (χ2v) is 22.9. The number of alkyl halides is 12. The molecule has 430 valence electrons. The van der Waals surface area contributed by atoms with Crippen LogP contribution in [0.3, 0.4) is 0 Å². The SMILES string of the molecule is Cc1ccc(C(F)(F)F)c(-c2cc(-c3ccc4c(c3)c3cc(-c5cc(-c6cc(C(F)(F)F)ccc6C)cc(-c6cc(C)ccc6C(F)(F)F)c5)ccc3n4-c3ccccc3-c3ccccc3C(C)(C)C)cc(-c3cc(C(F)(F)F)ccc3C)c2)c1. The van der Waals surface area contributed by atoms with E-state index in [1.165, 1.54) is 48.5 Å². The molecule has 0 aliphatic heterocycles. The number of rotatable bonds is 8. The van der Waals surface area contributed by atoms with E-state index in [1.54, 1.807) is 64.1 Å². The molecule has 0 unspecified atom stereocenters. The third kappa shape index (κ3) is 11.2. The van der Waals surface area contributed by atoms with E-state index >= 15 is 0 Å². The predicted octanol–water partition coefficient (Wildman–Crippen LogP) is 23.1. The minimum absolute atomic E-state index is 0.102. The first kappa shape index (κ1) is 58.0. The summed E-state index contributed by atoms with van der Waals surface area (Å²) < 4.78 is 178. The number of para-hydroxylation sites is 1. The summed E-state index contributed by atoms with van der Waals surface area (Å²) in [5, 5.41) is 1.23. The van der Waals surface area contributed by atoms with Gasteiger partial charge in [-0.05, 0) is 225 Å². The fraction of sp³-hybridized carbons (Fsp3) is 0.167. The normalized spacial score (nSPS) is 12.6. The van der Waals surface area contributed by atoms with E-state index in [0.717, 1.165) is 58.8 Å². The van der Waals surface area contributed by atoms with Crippen molar-refractivity contribution < 1.29 is 52.7 Å². The molecule has 0 amide bonds. The molecular formula is C72H53F12N. The summed E-state index contributed by atoms with van der Waals surface area (Å²) in [5.41, 5.74) is 5.24. The zero-order chi connectivity index (χ0) is 60.9. The van der Waals surface area contributed by atoms with E-state index in [-0.39, 0.29) is 49.9 Å². The Hall–Kier alpha value is -8.84. The van der Waals surface area contributed by atoms with Crippen LogP contribution >= 0.6 is 0 Å². The van der Waals surface area contributed by atoms with Gasteiger partial charge in [-0.15, -0.1) is 0 Å². The van der Waals surface area contributed by atoms with Crippen molar-refractivity contribution in [1.29, 1.82) is 0 Å². The summed E-state index contributed by atoms with van der Waals surface area (Å²) in [5.74, 6) is 0. The minimum Gasteiger partial charge on any atom is -0.309 e. The lowest BCUT2D eigenvalue weighted by molar-refractivity contribution is -0.138. The third-order valence-corrected chi connectivity index (χ3v) is 15.8. The molecule has 0 saturated heterocycles. The quantitative estimate of drug-likeness (QED) is 0.134. The number of aryl methyl sites for hydroxylation is 4. The zero-order valence-corrected chi connectivity index (χ0v) is 47.0. The molecule has 0 radical (unpaired) electrons. The van der Waals surface area contributed by atoms with Gasteiger partial charge in [0, 0.05) is 16.3 Å². The first-order valence-corrected chi connectivity index (χ1v) is 27.2. The summed E-state index contributed by atoms with van der Waals surface area (Å²) in [6, 6.07) is 50.4. The Labute approximate surface area is 483 Å². The molecular weight excluding hydrogens is 1110 g/mol. The molecule has 1 nitrogen and oxygen atoms in total. The van der Waals surface area contributed by atoms with Gasteiger partial charge in [0.05, 0.1) is 39.0 Å². The summed E-state index contributed by atoms with van der Waals surface area (Å²) in [4.78, 5) is 0. The maximum atomic E-state index is 15.0. The highest BCUT2D eigenvalue weighted by Gasteiger charge is 2.37. The molecule has 0 aliphatic rings. The summed E-state index contributed by atoms with van der Waals surface area (Å²) in [6.07, 6.45) is -19.1. The van der Waals surface area contributed by atoms with Crippen LogP contribution in [0.2, 0.25) is 0 Å². The van der Waals surface area contributed by atoms with Gasteiger partial charge in [-0.25, -0.2) is 0 Å². The Balaban J connectivity index is 1.22. The molecule has 0 fully saturated rings. The van der Waals surface area contributed by atoms with Gasteiger partial charge in [0.1, 0.15) is 0 Å². The molecule has 13 heteroatoms. The Morgan fingerprint density at radius 1 is 0.282 bits per heavy atom. The highest BCUT2D eigenvalue weighted by Crippen LogP contribution is 2.47. The molecule has 1 heterocycles. The number of hydrogen-bond donors (Lipinski definition) is 0. The lowest BCUT2D eigenvalue weighted by Gasteiger charge is -2.24. The maximum absolute atomic E-state index is 15.0. The molecule has 85 heavy (non-hydrogen) atoms. The number of hydrogen-bond acceptors (Lipinski definition) is 0. The molecule has 11 rings (SSSR count). The van der Waals surface area contributed by atoms with Gasteiger partial charge in [-0.1, -0.05) is 123 Å². The second kappa shape index (κ2) is 21.0. The Morgan fingerprint density at radius 3 is 1.08 bits per heavy atom. The van der Waals surface area contributed by atoms with E-state index in [1.807, 2.05) is 66.7 Å². The van der Waals surface area contributed by atoms with E-state index in [9.17, 15) is 52.7 Å². The standard InChI is InChI=1S/C72H53F12N/c1-40-16-24-63(71(79,80)81)58(28-40)50-32-46(30-48(34-50)56-38-52(69(73,74)75)22-18-42(56)3)44-20-26-66-60(36-44)61-37-45(21-27-67(61)85(66)65-15-11-9-13-55(65)54-12-8-10-14-62(54)68(5,6)7)47-31-49(57-39-53(70(76,77)78)23-19-43(57)4)35-51(33-47)59-29-41(2)17-25-64(59)72(82,83)84/h8-39H,1-7H3. The maximum Gasteiger partial charge on any atom is 0.417 e. The van der Waals surface area contributed by atoms with Gasteiger partial charge < -0.3 is 4.57 Å². The van der Waals surface area contributed by atoms with Crippen LogP contribution in [-0.4, -0.2) is 4.57 Å². The van der Waals surface area contributed by atoms with Gasteiger partial charge >= 0.3 is 24.7 Å². The smallest absolute Gasteiger partial charge is 0.309 e. The number of aromatic nitrogens is 1. The minimum atomic E-state index is -4.81. The van der Waals surface area contributed by atoms with Crippen LogP contribution in [0.15, 0.2) is 194 Å². The fourth-order valence-corrected chi connectivity index (χ4v) is 11.6. The van der Waals surface area contributed by atoms with Crippen molar-refractivity contribution in [3.63, 3.8) is 0 Å². The van der Waals surface area contributed by atoms with Crippen LogP contribution in [-0.2, 0) is 30.1 Å². The van der Waals surface area contributed by atoms with E-state index in [4.69, 9.17) is 0 Å². The van der Waals surface area contributed by atoms with Gasteiger partial charge in [0.15, 0.2) is 0 Å². The van der Waals surface area contributed by atoms with Crippen molar-refractivity contribution in [3.8, 4) is 83.6 Å². The lowest BCUT2D eigenvalue weighted by atomic mass is 9.81. The molecule has 1 aromatic heterocycles. The van der Waals surface area contributed by atoms with Crippen LogP contribution in [0.1, 0.15) is 70.8 Å². The molecule has 0 aliphatic carbocycles. The van der Waals surface area contributed by atoms with Gasteiger partial charge in [0.2, 0.25) is 0 Å². The van der Waals surface area contributed by atoms with Crippen molar-refractivity contribution in [1.82, 2.24) is 4.57 Å². The molecule has 11 aromatic rings. The van der Waals surface area contributed by atoms with Crippen LogP contribution in [0.4, 0.5) is 52.7 Å². The Morgan fingerprint density at radius 2 is 0.671 bits per heavy atom. The second-order valence-electron chi connectivity index (χ2n) is 22.9. The van der Waals surface area contributed by atoms with Gasteiger partial charge in [0.25, 0.3) is 0 Å². The van der Waals surface area contributed by atoms with E-state index < -0.39 is 47.0 Å². The summed E-state index contributed by atoms with van der Waals surface area (Å²) in [6.45, 7) is 12.9. The molecule has 0 bridgehead atoms. The molecule has 0 saturated carbocycles. The van der Waals surface area contributed by atoms with Crippen molar-refractivity contribution in [2.24, 2.45) is 0 Å². The van der Waals surface area contributed by atoms with Crippen molar-refractivity contribution in [3.05, 3.63) is 244 Å². The van der Waals surface area contributed by atoms with Crippen LogP contribution < -0.4 is 0 Å². The zero-order valence-electron chi connectivity index (χ0n) is 47.0. The predicted molar refractivity (Wildman–Crippen MR) is 316 cm³/mol. The Bertz CT molecular complexity index is 4210. The number of benzene rings is 10. The summed E-state index contributed by atoms with van der Waals surface area (Å²) >= 11 is 0. The molecule has 0 spiro atoms. The van der Waals surface area contributed by atoms with Crippen molar-refractivity contribution >= 4 is 21.8 Å². The van der Waals surface area contributed by atoms with Crippen molar-refractivity contribution in [2.45, 2.75) is 78.6 Å². The number of halogens is 12. The van der Waals surface area contributed by atoms with E-state index in [0.29, 0.717) is 66.3 Å². The molecule has 0 atom stereocenters. The Kier molecular flexibility index (Phi) is 14.3. The highest BCUT2D eigenvalue weighted by molar-refractivity contribution is 6.12. The first-order valence-electron chi connectivity index (χ1n) is 27.2. The lowest BCUT2D eigenvalue weighted by Crippen LogP contribution is -2.13. The third-order valence-electron chi connectivity index (χ3n) is 15.8. The highest BCUT2D eigenvalue weighted by atomic mass is 19.4. The van der Waals surface area contributed by atoms with E-state index in [2.05, 4.69) is 31.4 Å². The van der Waals surface area contributed by atoms with Crippen LogP contribution in [0.5, 0.6) is 0 Å². The average molecular weight is 1160 g/mol. The molecule has 10 aromatic carbocycles. The summed E-state index contributed by atoms with van der Waals surface area (Å²) in [7, 11) is 0. The van der Waals surface area contributed by atoms with Crippen LogP contribution in [0.25, 0.3) is 105 Å². The monoisotopic (exact) mass is 1160 g/mol. The first-order chi connectivity index (χ1) is 39.9. The largest absolute Gasteiger partial charge is 0.417 e. The number of nitrogens with zero attached hydrogens (tertiary/aromatic N) is 1. The fourth-order valence-electron chi connectivity index (χ4n) is 11.6. The number of fused-ring (bicyclic) bond motifs is 3. The van der Waals surface area contributed by atoms with Gasteiger partial charge in [-0.2, -0.15) is 52.7 Å². The van der Waals surface area contributed by atoms with Crippen molar-refractivity contribution in [2.75, 3.05) is 0 Å².